The first-order chi connectivity index (χ1) is 14.1. The third-order valence-electron chi connectivity index (χ3n) is 5.28. The summed E-state index contributed by atoms with van der Waals surface area (Å²) >= 11 is 7.67. The summed E-state index contributed by atoms with van der Waals surface area (Å²) in [6.45, 7) is 0.409. The number of rotatable bonds is 4. The summed E-state index contributed by atoms with van der Waals surface area (Å²) in [5.74, 6) is 0.419. The Labute approximate surface area is 175 Å². The van der Waals surface area contributed by atoms with E-state index in [1.54, 1.807) is 28.0 Å². The fraction of sp³-hybridized carbons (Fsp3) is 0.238. The van der Waals surface area contributed by atoms with E-state index < -0.39 is 0 Å². The molecule has 8 heteroatoms. The average Bonchev–Trinajstić information content (AvgIpc) is 3.37. The van der Waals surface area contributed by atoms with E-state index in [-0.39, 0.29) is 11.2 Å². The lowest BCUT2D eigenvalue weighted by Gasteiger charge is -2.15. The van der Waals surface area contributed by atoms with Crippen LogP contribution in [-0.4, -0.2) is 9.24 Å². The number of halogens is 1. The van der Waals surface area contributed by atoms with Gasteiger partial charge in [-0.3, -0.25) is 15.4 Å². The molecule has 0 fully saturated rings. The van der Waals surface area contributed by atoms with E-state index in [2.05, 4.69) is 5.43 Å². The zero-order valence-corrected chi connectivity index (χ0v) is 17.1. The number of furan rings is 1. The highest BCUT2D eigenvalue weighted by atomic mass is 35.5. The number of nitrogens with one attached hydrogen (secondary N) is 2. The number of hydrogen-bond donors (Lipinski definition) is 2. The minimum atomic E-state index is -0.299. The lowest BCUT2D eigenvalue weighted by atomic mass is 9.97. The molecule has 0 bridgehead atoms. The van der Waals surface area contributed by atoms with Crippen LogP contribution in [-0.2, 0) is 19.4 Å². The predicted molar refractivity (Wildman–Crippen MR) is 115 cm³/mol. The van der Waals surface area contributed by atoms with Crippen molar-refractivity contribution in [2.45, 2.75) is 32.2 Å². The van der Waals surface area contributed by atoms with Crippen molar-refractivity contribution in [3.05, 3.63) is 79.7 Å². The van der Waals surface area contributed by atoms with Gasteiger partial charge in [0.2, 0.25) is 5.88 Å². The summed E-state index contributed by atoms with van der Waals surface area (Å²) in [7, 11) is 0. The molecule has 0 radical (unpaired) electrons. The molecule has 6 nitrogen and oxygen atoms in total. The predicted octanol–water partition coefficient (Wildman–Crippen LogP) is 4.39. The van der Waals surface area contributed by atoms with Crippen LogP contribution in [0.1, 0.15) is 28.8 Å². The number of aryl methyl sites for hydroxylation is 2. The van der Waals surface area contributed by atoms with Crippen molar-refractivity contribution >= 4 is 39.0 Å². The molecule has 4 aromatic rings. The van der Waals surface area contributed by atoms with Gasteiger partial charge in [-0.2, -0.15) is 4.68 Å². The first-order valence-corrected chi connectivity index (χ1v) is 10.7. The number of fused-ring (bicyclic) bond motifs is 3. The summed E-state index contributed by atoms with van der Waals surface area (Å²) < 4.78 is 8.37. The molecule has 29 heavy (non-hydrogen) atoms. The van der Waals surface area contributed by atoms with E-state index in [4.69, 9.17) is 21.4 Å². The minimum Gasteiger partial charge on any atom is -0.447 e. The lowest BCUT2D eigenvalue weighted by Crippen LogP contribution is -2.43. The molecule has 1 aliphatic rings. The Kier molecular flexibility index (Phi) is 4.56. The zero-order chi connectivity index (χ0) is 20.0. The second-order valence-corrected chi connectivity index (χ2v) is 8.68. The molecule has 5 rings (SSSR count). The largest absolute Gasteiger partial charge is 0.447 e. The van der Waals surface area contributed by atoms with Gasteiger partial charge in [-0.05, 0) is 55.0 Å². The second kappa shape index (κ2) is 7.24. The van der Waals surface area contributed by atoms with Crippen LogP contribution in [0.5, 0.6) is 0 Å². The number of nitrogens with zero attached hydrogens (tertiary/aromatic N) is 2. The zero-order valence-electron chi connectivity index (χ0n) is 15.6. The maximum absolute atomic E-state index is 13.4. The van der Waals surface area contributed by atoms with E-state index in [0.29, 0.717) is 17.5 Å². The van der Waals surface area contributed by atoms with E-state index in [1.807, 2.05) is 24.3 Å². The molecule has 3 heterocycles. The Hall–Kier alpha value is -2.77. The van der Waals surface area contributed by atoms with E-state index in [0.717, 1.165) is 41.5 Å². The number of anilines is 1. The number of benzene rings is 1. The Bertz CT molecular complexity index is 1300. The van der Waals surface area contributed by atoms with E-state index in [1.165, 1.54) is 21.4 Å². The Morgan fingerprint density at radius 2 is 1.97 bits per heavy atom. The van der Waals surface area contributed by atoms with Gasteiger partial charge in [-0.25, -0.2) is 4.79 Å². The molecular formula is C21H19ClN4O2S. The summed E-state index contributed by atoms with van der Waals surface area (Å²) in [6, 6.07) is 11.0. The van der Waals surface area contributed by atoms with Crippen molar-refractivity contribution in [2.24, 2.45) is 0 Å². The third-order valence-corrected chi connectivity index (χ3v) is 6.84. The quantitative estimate of drug-likeness (QED) is 0.508. The molecule has 2 N–H and O–H groups in total. The van der Waals surface area contributed by atoms with Crippen molar-refractivity contribution in [3.63, 3.8) is 0 Å². The summed E-state index contributed by atoms with van der Waals surface area (Å²) in [4.78, 5) is 15.5. The van der Waals surface area contributed by atoms with Crippen LogP contribution >= 0.6 is 22.9 Å². The molecule has 3 aromatic heterocycles. The molecule has 1 aliphatic carbocycles. The van der Waals surface area contributed by atoms with Gasteiger partial charge >= 0.3 is 5.69 Å². The van der Waals surface area contributed by atoms with Crippen LogP contribution in [0, 0.1) is 5.41 Å². The highest BCUT2D eigenvalue weighted by molar-refractivity contribution is 7.18. The van der Waals surface area contributed by atoms with Gasteiger partial charge in [0.1, 0.15) is 4.83 Å². The Morgan fingerprint density at radius 1 is 1.17 bits per heavy atom. The first kappa shape index (κ1) is 18.3. The van der Waals surface area contributed by atoms with Gasteiger partial charge in [0, 0.05) is 16.0 Å². The molecule has 0 aliphatic heterocycles. The smallest absolute Gasteiger partial charge is 0.350 e. The average molecular weight is 427 g/mol. The summed E-state index contributed by atoms with van der Waals surface area (Å²) in [5, 5.41) is 10.3. The van der Waals surface area contributed by atoms with Crippen LogP contribution in [0.3, 0.4) is 0 Å². The number of hydrogen-bond acceptors (Lipinski definition) is 5. The SMILES string of the molecule is N=c1c2c3c(sc2n(Cc2ccc(Cl)cc2)c(=O)n1Nc1ccco1)CCCC3. The van der Waals surface area contributed by atoms with Crippen LogP contribution in [0.25, 0.3) is 10.2 Å². The molecule has 0 saturated heterocycles. The number of aromatic nitrogens is 2. The van der Waals surface area contributed by atoms with Crippen LogP contribution in [0.4, 0.5) is 5.88 Å². The standard InChI is InChI=1S/C21H19ClN4O2S/c22-14-9-7-13(8-10-14)12-25-20-18(15-4-1-2-5-16(15)29-20)19(23)26(21(25)27)24-17-6-3-11-28-17/h3,6-11,23-24H,1-2,4-5,12H2. The minimum absolute atomic E-state index is 0.174. The highest BCUT2D eigenvalue weighted by Crippen LogP contribution is 2.34. The molecule has 0 atom stereocenters. The molecule has 1 aromatic carbocycles. The first-order valence-electron chi connectivity index (χ1n) is 9.51. The van der Waals surface area contributed by atoms with Gasteiger partial charge < -0.3 is 4.42 Å². The second-order valence-electron chi connectivity index (χ2n) is 7.16. The van der Waals surface area contributed by atoms with Crippen LogP contribution < -0.4 is 16.6 Å². The molecule has 0 amide bonds. The third kappa shape index (κ3) is 3.20. The molecule has 0 unspecified atom stereocenters. The van der Waals surface area contributed by atoms with E-state index >= 15 is 0 Å². The van der Waals surface area contributed by atoms with Crippen molar-refractivity contribution in [3.8, 4) is 0 Å². The monoisotopic (exact) mass is 426 g/mol. The van der Waals surface area contributed by atoms with E-state index in [9.17, 15) is 4.79 Å². The highest BCUT2D eigenvalue weighted by Gasteiger charge is 2.22. The Morgan fingerprint density at radius 3 is 2.72 bits per heavy atom. The normalized spacial score (nSPS) is 13.6. The Balaban J connectivity index is 1.75. The van der Waals surface area contributed by atoms with Gasteiger partial charge in [0.15, 0.2) is 5.49 Å². The topological polar surface area (TPSA) is 76.0 Å². The van der Waals surface area contributed by atoms with Gasteiger partial charge in [-0.1, -0.05) is 23.7 Å². The van der Waals surface area contributed by atoms with Crippen molar-refractivity contribution in [2.75, 3.05) is 5.43 Å². The molecule has 0 spiro atoms. The van der Waals surface area contributed by atoms with Gasteiger partial charge in [0.25, 0.3) is 0 Å². The summed E-state index contributed by atoms with van der Waals surface area (Å²) in [5.41, 5.74) is 5.02. The fourth-order valence-corrected chi connectivity index (χ4v) is 5.38. The molecule has 148 valence electrons. The maximum atomic E-state index is 13.4. The van der Waals surface area contributed by atoms with Crippen molar-refractivity contribution in [1.82, 2.24) is 9.24 Å². The molecule has 0 saturated carbocycles. The maximum Gasteiger partial charge on any atom is 0.350 e. The van der Waals surface area contributed by atoms with Crippen LogP contribution in [0.15, 0.2) is 51.9 Å². The van der Waals surface area contributed by atoms with Gasteiger partial charge in [0.05, 0.1) is 18.2 Å². The van der Waals surface area contributed by atoms with Gasteiger partial charge in [-0.15, -0.1) is 11.3 Å². The fourth-order valence-electron chi connectivity index (χ4n) is 3.87. The summed E-state index contributed by atoms with van der Waals surface area (Å²) in [6.07, 6.45) is 5.75. The lowest BCUT2D eigenvalue weighted by molar-refractivity contribution is 0.561. The molecular weight excluding hydrogens is 408 g/mol. The number of thiophene rings is 1. The van der Waals surface area contributed by atoms with Crippen LogP contribution in [0.2, 0.25) is 5.02 Å². The van der Waals surface area contributed by atoms with Crippen molar-refractivity contribution in [1.29, 1.82) is 5.41 Å². The van der Waals surface area contributed by atoms with Crippen molar-refractivity contribution < 1.29 is 4.42 Å².